The number of aryl methyl sites for hydroxylation is 1. The number of aromatic nitrogens is 1. The van der Waals surface area contributed by atoms with E-state index in [2.05, 4.69) is 17.2 Å². The maximum Gasteiger partial charge on any atom is 0.120 e. The molecule has 0 amide bonds. The zero-order chi connectivity index (χ0) is 13.8. The van der Waals surface area contributed by atoms with Gasteiger partial charge in [0.15, 0.2) is 0 Å². The highest BCUT2D eigenvalue weighted by atomic mass is 35.5. The third-order valence-corrected chi connectivity index (χ3v) is 3.64. The molecule has 3 nitrogen and oxygen atoms in total. The van der Waals surface area contributed by atoms with Crippen LogP contribution in [-0.2, 0) is 6.54 Å². The first kappa shape index (κ1) is 14.2. The number of halogens is 1. The number of rotatable bonds is 5. The Labute approximate surface area is 122 Å². The lowest BCUT2D eigenvalue weighted by molar-refractivity contribution is 0.242. The summed E-state index contributed by atoms with van der Waals surface area (Å²) in [6.45, 7) is 6.79. The maximum atomic E-state index is 5.85. The number of thiazole rings is 1. The van der Waals surface area contributed by atoms with Gasteiger partial charge in [-0.1, -0.05) is 11.6 Å². The third kappa shape index (κ3) is 4.11. The molecule has 1 heterocycles. The molecule has 1 aromatic carbocycles. The number of ether oxygens (including phenoxy) is 1. The molecule has 1 aromatic heterocycles. The van der Waals surface area contributed by atoms with Crippen molar-refractivity contribution in [2.75, 3.05) is 5.32 Å². The molecule has 0 spiro atoms. The molecule has 0 radical (unpaired) electrons. The van der Waals surface area contributed by atoms with Crippen molar-refractivity contribution in [3.05, 3.63) is 39.3 Å². The summed E-state index contributed by atoms with van der Waals surface area (Å²) in [5.41, 5.74) is 2.24. The summed E-state index contributed by atoms with van der Waals surface area (Å²) in [5.74, 6) is 0.898. The number of hydrogen-bond acceptors (Lipinski definition) is 4. The number of anilines is 1. The van der Waals surface area contributed by atoms with Crippen LogP contribution in [0.1, 0.15) is 24.4 Å². The molecular formula is C14H17ClN2OS. The third-order valence-electron chi connectivity index (χ3n) is 2.53. The van der Waals surface area contributed by atoms with Crippen LogP contribution in [0, 0.1) is 6.92 Å². The Morgan fingerprint density at radius 1 is 1.42 bits per heavy atom. The van der Waals surface area contributed by atoms with Gasteiger partial charge in [0, 0.05) is 5.69 Å². The second-order valence-electron chi connectivity index (χ2n) is 4.55. The number of nitrogens with zero attached hydrogens (tertiary/aromatic N) is 1. The summed E-state index contributed by atoms with van der Waals surface area (Å²) >= 11 is 7.35. The summed E-state index contributed by atoms with van der Waals surface area (Å²) in [6, 6.07) is 6.05. The predicted octanol–water partition coefficient (Wildman–Crippen LogP) is 4.50. The zero-order valence-corrected chi connectivity index (χ0v) is 12.8. The fourth-order valence-electron chi connectivity index (χ4n) is 1.72. The molecule has 0 aliphatic carbocycles. The molecular weight excluding hydrogens is 280 g/mol. The van der Waals surface area contributed by atoms with Crippen LogP contribution in [0.25, 0.3) is 0 Å². The molecule has 5 heteroatoms. The minimum Gasteiger partial charge on any atom is -0.491 e. The lowest BCUT2D eigenvalue weighted by Gasteiger charge is -2.13. The van der Waals surface area contributed by atoms with Crippen LogP contribution < -0.4 is 10.1 Å². The molecule has 0 aliphatic rings. The Morgan fingerprint density at radius 2 is 2.21 bits per heavy atom. The van der Waals surface area contributed by atoms with Crippen LogP contribution in [0.5, 0.6) is 5.75 Å². The fraction of sp³-hybridized carbons (Fsp3) is 0.357. The standard InChI is InChI=1S/C14H17ClN2OS/c1-9(2)18-11-4-5-12(10(3)6-11)16-8-14-17-7-13(15)19-14/h4-7,9,16H,8H2,1-3H3. The number of benzene rings is 1. The number of nitrogens with one attached hydrogen (secondary N) is 1. The Bertz CT molecular complexity index is 554. The molecule has 0 aliphatic heterocycles. The first-order valence-corrected chi connectivity index (χ1v) is 7.35. The summed E-state index contributed by atoms with van der Waals surface area (Å²) in [4.78, 5) is 4.22. The second kappa shape index (κ2) is 6.26. The minimum absolute atomic E-state index is 0.190. The molecule has 0 saturated carbocycles. The molecule has 19 heavy (non-hydrogen) atoms. The van der Waals surface area contributed by atoms with Crippen molar-refractivity contribution in [3.63, 3.8) is 0 Å². The van der Waals surface area contributed by atoms with E-state index in [1.807, 2.05) is 32.0 Å². The maximum absolute atomic E-state index is 5.85. The summed E-state index contributed by atoms with van der Waals surface area (Å²) in [5, 5.41) is 4.34. The fourth-order valence-corrected chi connectivity index (χ4v) is 2.62. The van der Waals surface area contributed by atoms with Crippen LogP contribution >= 0.6 is 22.9 Å². The van der Waals surface area contributed by atoms with Crippen LogP contribution in [0.15, 0.2) is 24.4 Å². The zero-order valence-electron chi connectivity index (χ0n) is 11.2. The average molecular weight is 297 g/mol. The van der Waals surface area contributed by atoms with Crippen LogP contribution in [0.4, 0.5) is 5.69 Å². The highest BCUT2D eigenvalue weighted by Crippen LogP contribution is 2.24. The SMILES string of the molecule is Cc1cc(OC(C)C)ccc1NCc1ncc(Cl)s1. The molecule has 0 bridgehead atoms. The molecule has 1 N–H and O–H groups in total. The van der Waals surface area contributed by atoms with Gasteiger partial charge in [0.05, 0.1) is 18.8 Å². The summed E-state index contributed by atoms with van der Waals surface area (Å²) in [7, 11) is 0. The van der Waals surface area contributed by atoms with Gasteiger partial charge in [-0.25, -0.2) is 4.98 Å². The van der Waals surface area contributed by atoms with Crippen molar-refractivity contribution >= 4 is 28.6 Å². The highest BCUT2D eigenvalue weighted by molar-refractivity contribution is 7.15. The van der Waals surface area contributed by atoms with Crippen molar-refractivity contribution < 1.29 is 4.74 Å². The van der Waals surface area contributed by atoms with E-state index in [4.69, 9.17) is 16.3 Å². The number of hydrogen-bond donors (Lipinski definition) is 1. The van der Waals surface area contributed by atoms with Crippen molar-refractivity contribution in [2.45, 2.75) is 33.4 Å². The molecule has 2 rings (SSSR count). The molecule has 0 unspecified atom stereocenters. The van der Waals surface area contributed by atoms with Gasteiger partial charge in [-0.15, -0.1) is 11.3 Å². The van der Waals surface area contributed by atoms with Crippen LogP contribution in [0.3, 0.4) is 0 Å². The van der Waals surface area contributed by atoms with E-state index in [9.17, 15) is 0 Å². The lowest BCUT2D eigenvalue weighted by Crippen LogP contribution is -2.06. The van der Waals surface area contributed by atoms with Crippen LogP contribution in [-0.4, -0.2) is 11.1 Å². The van der Waals surface area contributed by atoms with Gasteiger partial charge in [-0.2, -0.15) is 0 Å². The van der Waals surface area contributed by atoms with E-state index in [1.165, 1.54) is 11.3 Å². The quantitative estimate of drug-likeness (QED) is 0.882. The van der Waals surface area contributed by atoms with Crippen LogP contribution in [0.2, 0.25) is 4.34 Å². The van der Waals surface area contributed by atoms with E-state index >= 15 is 0 Å². The predicted molar refractivity (Wildman–Crippen MR) is 81.4 cm³/mol. The molecule has 0 atom stereocenters. The van der Waals surface area contributed by atoms with Gasteiger partial charge in [-0.05, 0) is 44.5 Å². The topological polar surface area (TPSA) is 34.1 Å². The normalized spacial score (nSPS) is 10.8. The summed E-state index contributed by atoms with van der Waals surface area (Å²) in [6.07, 6.45) is 1.87. The smallest absolute Gasteiger partial charge is 0.120 e. The first-order chi connectivity index (χ1) is 9.04. The van der Waals surface area contributed by atoms with Gasteiger partial charge < -0.3 is 10.1 Å². The Balaban J connectivity index is 2.00. The van der Waals surface area contributed by atoms with Crippen molar-refractivity contribution in [3.8, 4) is 5.75 Å². The van der Waals surface area contributed by atoms with Crippen molar-refractivity contribution in [1.29, 1.82) is 0 Å². The van der Waals surface area contributed by atoms with Gasteiger partial charge in [-0.3, -0.25) is 0 Å². The Kier molecular flexibility index (Phi) is 4.66. The summed E-state index contributed by atoms with van der Waals surface area (Å²) < 4.78 is 6.38. The van der Waals surface area contributed by atoms with E-state index < -0.39 is 0 Å². The average Bonchev–Trinajstić information content (AvgIpc) is 2.73. The second-order valence-corrected chi connectivity index (χ2v) is 6.30. The van der Waals surface area contributed by atoms with E-state index in [0.29, 0.717) is 10.9 Å². The molecule has 2 aromatic rings. The highest BCUT2D eigenvalue weighted by Gasteiger charge is 2.04. The van der Waals surface area contributed by atoms with E-state index in [0.717, 1.165) is 22.0 Å². The van der Waals surface area contributed by atoms with Crippen molar-refractivity contribution in [2.24, 2.45) is 0 Å². The molecule has 102 valence electrons. The van der Waals surface area contributed by atoms with Crippen molar-refractivity contribution in [1.82, 2.24) is 4.98 Å². The first-order valence-electron chi connectivity index (χ1n) is 6.16. The minimum atomic E-state index is 0.190. The van der Waals surface area contributed by atoms with Gasteiger partial charge in [0.2, 0.25) is 0 Å². The lowest BCUT2D eigenvalue weighted by atomic mass is 10.2. The van der Waals surface area contributed by atoms with E-state index in [-0.39, 0.29) is 6.10 Å². The monoisotopic (exact) mass is 296 g/mol. The van der Waals surface area contributed by atoms with Gasteiger partial charge in [0.1, 0.15) is 15.1 Å². The van der Waals surface area contributed by atoms with E-state index in [1.54, 1.807) is 6.20 Å². The Morgan fingerprint density at radius 3 is 2.79 bits per heavy atom. The molecule has 0 saturated heterocycles. The Hall–Kier alpha value is -1.26. The molecule has 0 fully saturated rings. The van der Waals surface area contributed by atoms with Gasteiger partial charge >= 0.3 is 0 Å². The van der Waals surface area contributed by atoms with Gasteiger partial charge in [0.25, 0.3) is 0 Å². The largest absolute Gasteiger partial charge is 0.491 e.